The first-order valence-electron chi connectivity index (χ1n) is 8.41. The molecular formula is C20H20ClN3O4. The van der Waals surface area contributed by atoms with Crippen molar-refractivity contribution in [1.29, 1.82) is 0 Å². The highest BCUT2D eigenvalue weighted by Gasteiger charge is 2.15. The van der Waals surface area contributed by atoms with E-state index in [4.69, 9.17) is 11.6 Å². The van der Waals surface area contributed by atoms with Gasteiger partial charge in [0.1, 0.15) is 5.02 Å². The molecule has 0 saturated carbocycles. The summed E-state index contributed by atoms with van der Waals surface area (Å²) in [6.45, 7) is 5.67. The van der Waals surface area contributed by atoms with Crippen molar-refractivity contribution in [3.8, 4) is 0 Å². The Morgan fingerprint density at radius 1 is 1.11 bits per heavy atom. The van der Waals surface area contributed by atoms with Crippen LogP contribution < -0.4 is 10.6 Å². The van der Waals surface area contributed by atoms with Gasteiger partial charge in [-0.05, 0) is 62.7 Å². The molecule has 2 rings (SSSR count). The summed E-state index contributed by atoms with van der Waals surface area (Å²) in [7, 11) is 0. The van der Waals surface area contributed by atoms with E-state index >= 15 is 0 Å². The largest absolute Gasteiger partial charge is 0.347 e. The summed E-state index contributed by atoms with van der Waals surface area (Å²) < 4.78 is 0. The Labute approximate surface area is 167 Å². The Morgan fingerprint density at radius 3 is 2.32 bits per heavy atom. The maximum atomic E-state index is 12.1. The summed E-state index contributed by atoms with van der Waals surface area (Å²) in [5, 5.41) is 16.4. The van der Waals surface area contributed by atoms with Gasteiger partial charge in [0.2, 0.25) is 5.91 Å². The highest BCUT2D eigenvalue weighted by Crippen LogP contribution is 2.25. The van der Waals surface area contributed by atoms with Gasteiger partial charge in [0.05, 0.1) is 4.92 Å². The van der Waals surface area contributed by atoms with Gasteiger partial charge in [0, 0.05) is 28.9 Å². The number of benzene rings is 2. The minimum absolute atomic E-state index is 0.0298. The second-order valence-corrected chi connectivity index (χ2v) is 7.48. The third-order valence-corrected chi connectivity index (χ3v) is 3.82. The zero-order valence-electron chi connectivity index (χ0n) is 15.7. The molecule has 7 nitrogen and oxygen atoms in total. The fraction of sp³-hybridized carbons (Fsp3) is 0.200. The molecule has 0 aliphatic rings. The molecule has 0 heterocycles. The maximum absolute atomic E-state index is 12.1. The molecule has 2 amide bonds. The van der Waals surface area contributed by atoms with Gasteiger partial charge in [0.15, 0.2) is 0 Å². The van der Waals surface area contributed by atoms with Crippen LogP contribution in [0.4, 0.5) is 11.4 Å². The monoisotopic (exact) mass is 401 g/mol. The van der Waals surface area contributed by atoms with E-state index in [1.807, 2.05) is 20.8 Å². The topological polar surface area (TPSA) is 101 Å². The number of rotatable bonds is 5. The predicted molar refractivity (Wildman–Crippen MR) is 109 cm³/mol. The zero-order valence-corrected chi connectivity index (χ0v) is 16.4. The van der Waals surface area contributed by atoms with E-state index < -0.39 is 10.8 Å². The molecule has 0 aromatic heterocycles. The van der Waals surface area contributed by atoms with Gasteiger partial charge in [-0.1, -0.05) is 17.7 Å². The number of nitro benzene ring substituents is 1. The molecule has 0 fully saturated rings. The number of hydrogen-bond donors (Lipinski definition) is 2. The highest BCUT2D eigenvalue weighted by molar-refractivity contribution is 6.32. The Hall–Kier alpha value is -3.19. The van der Waals surface area contributed by atoms with E-state index in [2.05, 4.69) is 10.6 Å². The van der Waals surface area contributed by atoms with E-state index in [9.17, 15) is 19.7 Å². The zero-order chi connectivity index (χ0) is 20.9. The van der Waals surface area contributed by atoms with Crippen LogP contribution in [0.1, 0.15) is 36.7 Å². The Balaban J connectivity index is 2.01. The number of anilines is 1. The van der Waals surface area contributed by atoms with Gasteiger partial charge in [-0.3, -0.25) is 19.7 Å². The van der Waals surface area contributed by atoms with Gasteiger partial charge in [-0.15, -0.1) is 0 Å². The number of amides is 2. The van der Waals surface area contributed by atoms with Crippen molar-refractivity contribution in [1.82, 2.24) is 5.32 Å². The van der Waals surface area contributed by atoms with E-state index in [0.29, 0.717) is 16.8 Å². The smallest absolute Gasteiger partial charge is 0.288 e. The Kier molecular flexibility index (Phi) is 6.53. The number of carbonyl (C=O) groups is 2. The van der Waals surface area contributed by atoms with Gasteiger partial charge in [0.25, 0.3) is 11.6 Å². The summed E-state index contributed by atoms with van der Waals surface area (Å²) in [6.07, 6.45) is 2.71. The van der Waals surface area contributed by atoms with Crippen LogP contribution in [0.2, 0.25) is 5.02 Å². The first-order valence-corrected chi connectivity index (χ1v) is 8.78. The number of halogens is 1. The van der Waals surface area contributed by atoms with Crippen molar-refractivity contribution in [3.05, 3.63) is 74.8 Å². The summed E-state index contributed by atoms with van der Waals surface area (Å²) in [5.41, 5.74) is 0.903. The lowest BCUT2D eigenvalue weighted by Gasteiger charge is -2.20. The average Bonchev–Trinajstić information content (AvgIpc) is 2.60. The van der Waals surface area contributed by atoms with Gasteiger partial charge >= 0.3 is 0 Å². The minimum Gasteiger partial charge on any atom is -0.347 e. The molecule has 28 heavy (non-hydrogen) atoms. The summed E-state index contributed by atoms with van der Waals surface area (Å²) in [6, 6.07) is 10.7. The summed E-state index contributed by atoms with van der Waals surface area (Å²) >= 11 is 5.76. The lowest BCUT2D eigenvalue weighted by Crippen LogP contribution is -2.40. The SMILES string of the molecule is CC(C)(C)NC(=O)c1ccc(NC(=O)/C=C/c2ccc(Cl)c([N+](=O)[O-])c2)cc1. The van der Waals surface area contributed by atoms with Crippen LogP contribution in [0, 0.1) is 10.1 Å². The highest BCUT2D eigenvalue weighted by atomic mass is 35.5. The fourth-order valence-electron chi connectivity index (χ4n) is 2.25. The molecule has 2 aromatic carbocycles. The van der Waals surface area contributed by atoms with Crippen molar-refractivity contribution >= 4 is 40.9 Å². The van der Waals surface area contributed by atoms with Crippen molar-refractivity contribution in [2.75, 3.05) is 5.32 Å². The molecule has 0 radical (unpaired) electrons. The van der Waals surface area contributed by atoms with Crippen LogP contribution in [0.3, 0.4) is 0 Å². The van der Waals surface area contributed by atoms with E-state index in [-0.39, 0.29) is 22.2 Å². The molecule has 0 aliphatic carbocycles. The van der Waals surface area contributed by atoms with E-state index in [1.54, 1.807) is 30.3 Å². The maximum Gasteiger partial charge on any atom is 0.288 e. The lowest BCUT2D eigenvalue weighted by molar-refractivity contribution is -0.384. The second kappa shape index (κ2) is 8.67. The number of nitrogens with one attached hydrogen (secondary N) is 2. The molecule has 2 aromatic rings. The quantitative estimate of drug-likeness (QED) is 0.439. The van der Waals surface area contributed by atoms with Gasteiger partial charge in [-0.25, -0.2) is 0 Å². The number of nitro groups is 1. The molecule has 0 saturated heterocycles. The molecular weight excluding hydrogens is 382 g/mol. The van der Waals surface area contributed by atoms with Crippen molar-refractivity contribution in [3.63, 3.8) is 0 Å². The molecule has 8 heteroatoms. The minimum atomic E-state index is -0.586. The Morgan fingerprint density at radius 2 is 1.75 bits per heavy atom. The molecule has 0 aliphatic heterocycles. The number of hydrogen-bond acceptors (Lipinski definition) is 4. The second-order valence-electron chi connectivity index (χ2n) is 7.07. The summed E-state index contributed by atoms with van der Waals surface area (Å²) in [4.78, 5) is 34.4. The van der Waals surface area contributed by atoms with Crippen LogP contribution in [0.5, 0.6) is 0 Å². The first kappa shape index (κ1) is 21.1. The molecule has 146 valence electrons. The van der Waals surface area contributed by atoms with Crippen LogP contribution in [0.15, 0.2) is 48.5 Å². The molecule has 2 N–H and O–H groups in total. The van der Waals surface area contributed by atoms with E-state index in [1.165, 1.54) is 24.3 Å². The average molecular weight is 402 g/mol. The third-order valence-electron chi connectivity index (χ3n) is 3.50. The van der Waals surface area contributed by atoms with Gasteiger partial charge in [-0.2, -0.15) is 0 Å². The first-order chi connectivity index (χ1) is 13.0. The third kappa shape index (κ3) is 6.21. The Bertz CT molecular complexity index is 931. The lowest BCUT2D eigenvalue weighted by atomic mass is 10.1. The van der Waals surface area contributed by atoms with Crippen molar-refractivity contribution in [2.24, 2.45) is 0 Å². The summed E-state index contributed by atoms with van der Waals surface area (Å²) in [5.74, 6) is -0.612. The molecule has 0 spiro atoms. The van der Waals surface area contributed by atoms with Crippen molar-refractivity contribution < 1.29 is 14.5 Å². The normalized spacial score (nSPS) is 11.3. The van der Waals surface area contributed by atoms with Crippen LogP contribution in [0.25, 0.3) is 6.08 Å². The van der Waals surface area contributed by atoms with Crippen molar-refractivity contribution in [2.45, 2.75) is 26.3 Å². The van der Waals surface area contributed by atoms with Gasteiger partial charge < -0.3 is 10.6 Å². The molecule has 0 unspecified atom stereocenters. The molecule has 0 atom stereocenters. The predicted octanol–water partition coefficient (Wildman–Crippen LogP) is 4.43. The van der Waals surface area contributed by atoms with E-state index in [0.717, 1.165) is 0 Å². The number of nitrogens with zero attached hydrogens (tertiary/aromatic N) is 1. The van der Waals surface area contributed by atoms with Crippen LogP contribution in [-0.4, -0.2) is 22.3 Å². The van der Waals surface area contributed by atoms with Crippen LogP contribution in [-0.2, 0) is 4.79 Å². The standard InChI is InChI=1S/C20H20ClN3O4/c1-20(2,3)23-19(26)14-6-8-15(9-7-14)22-18(25)11-5-13-4-10-16(21)17(12-13)24(27)28/h4-12H,1-3H3,(H,22,25)(H,23,26)/b11-5+. The number of carbonyl (C=O) groups excluding carboxylic acids is 2. The van der Waals surface area contributed by atoms with Crippen LogP contribution >= 0.6 is 11.6 Å². The molecule has 0 bridgehead atoms. The fourth-order valence-corrected chi connectivity index (χ4v) is 2.43.